The van der Waals surface area contributed by atoms with E-state index in [1.807, 2.05) is 0 Å². The summed E-state index contributed by atoms with van der Waals surface area (Å²) in [5.74, 6) is 1.73. The molecule has 2 fully saturated rings. The third kappa shape index (κ3) is 2.28. The standard InChI is InChI=1S/C20H36OSi/c1-14-7-6-10-19(5)11-9-16-15(2)8-12-20(21-22,13-17(14)19)18(16,3)4/h14,17H,6-13H2,1-5,22H3/t14-,17-,19+,20-/m1/s1. The summed E-state index contributed by atoms with van der Waals surface area (Å²) in [5, 5.41) is 0. The molecule has 0 aromatic heterocycles. The lowest BCUT2D eigenvalue weighted by atomic mass is 9.50. The Morgan fingerprint density at radius 3 is 2.50 bits per heavy atom. The Labute approximate surface area is 140 Å². The van der Waals surface area contributed by atoms with E-state index in [1.165, 1.54) is 51.4 Å². The minimum Gasteiger partial charge on any atom is -0.422 e. The van der Waals surface area contributed by atoms with Gasteiger partial charge in [0.25, 0.3) is 0 Å². The smallest absolute Gasteiger partial charge is 0.146 e. The molecule has 3 aliphatic rings. The van der Waals surface area contributed by atoms with Crippen molar-refractivity contribution in [1.29, 1.82) is 0 Å². The van der Waals surface area contributed by atoms with Crippen molar-refractivity contribution in [2.24, 2.45) is 22.7 Å². The van der Waals surface area contributed by atoms with Crippen molar-refractivity contribution in [3.63, 3.8) is 0 Å². The summed E-state index contributed by atoms with van der Waals surface area (Å²) in [6.45, 7) is 12.5. The van der Waals surface area contributed by atoms with Crippen LogP contribution in [0.25, 0.3) is 0 Å². The molecule has 0 aromatic carbocycles. The van der Waals surface area contributed by atoms with E-state index in [1.54, 1.807) is 11.1 Å². The van der Waals surface area contributed by atoms with Crippen LogP contribution in [0.15, 0.2) is 11.1 Å². The lowest BCUT2D eigenvalue weighted by Crippen LogP contribution is -2.55. The Hall–Kier alpha value is -0.0831. The van der Waals surface area contributed by atoms with Crippen LogP contribution in [-0.4, -0.2) is 16.1 Å². The highest BCUT2D eigenvalue weighted by Crippen LogP contribution is 2.61. The van der Waals surface area contributed by atoms with E-state index in [2.05, 4.69) is 34.6 Å². The van der Waals surface area contributed by atoms with Gasteiger partial charge in [0.2, 0.25) is 0 Å². The van der Waals surface area contributed by atoms with Gasteiger partial charge in [-0.25, -0.2) is 0 Å². The fraction of sp³-hybridized carbons (Fsp3) is 0.900. The Morgan fingerprint density at radius 1 is 1.09 bits per heavy atom. The molecule has 4 atom stereocenters. The first-order chi connectivity index (χ1) is 10.3. The second-order valence-corrected chi connectivity index (χ2v) is 9.82. The van der Waals surface area contributed by atoms with Gasteiger partial charge in [-0.1, -0.05) is 51.7 Å². The van der Waals surface area contributed by atoms with Gasteiger partial charge in [-0.2, -0.15) is 0 Å². The fourth-order valence-electron chi connectivity index (χ4n) is 6.41. The first-order valence-corrected chi connectivity index (χ1v) is 10.3. The molecule has 2 bridgehead atoms. The van der Waals surface area contributed by atoms with Gasteiger partial charge < -0.3 is 4.43 Å². The second-order valence-electron chi connectivity index (χ2n) is 9.42. The maximum Gasteiger partial charge on any atom is 0.146 e. The Kier molecular flexibility index (Phi) is 4.17. The number of fused-ring (bicyclic) bond motifs is 3. The van der Waals surface area contributed by atoms with Gasteiger partial charge in [-0.15, -0.1) is 0 Å². The van der Waals surface area contributed by atoms with Crippen molar-refractivity contribution in [3.8, 4) is 0 Å². The summed E-state index contributed by atoms with van der Waals surface area (Å²) >= 11 is 0. The summed E-state index contributed by atoms with van der Waals surface area (Å²) < 4.78 is 6.50. The zero-order valence-electron chi connectivity index (χ0n) is 15.7. The van der Waals surface area contributed by atoms with Crippen LogP contribution >= 0.6 is 0 Å². The van der Waals surface area contributed by atoms with E-state index in [0.717, 1.165) is 22.3 Å². The largest absolute Gasteiger partial charge is 0.422 e. The Bertz CT molecular complexity index is 480. The summed E-state index contributed by atoms with van der Waals surface area (Å²) in [4.78, 5) is 0. The molecule has 0 spiro atoms. The van der Waals surface area contributed by atoms with Crippen LogP contribution in [0.2, 0.25) is 0 Å². The summed E-state index contributed by atoms with van der Waals surface area (Å²) in [6.07, 6.45) is 10.8. The number of hydrogen-bond acceptors (Lipinski definition) is 1. The van der Waals surface area contributed by atoms with E-state index in [4.69, 9.17) is 4.43 Å². The molecule has 0 aliphatic heterocycles. The molecule has 0 saturated heterocycles. The van der Waals surface area contributed by atoms with Crippen LogP contribution in [0.1, 0.15) is 86.0 Å². The predicted molar refractivity (Wildman–Crippen MR) is 97.9 cm³/mol. The predicted octanol–water partition coefficient (Wildman–Crippen LogP) is 4.79. The molecule has 126 valence electrons. The van der Waals surface area contributed by atoms with Crippen LogP contribution in [-0.2, 0) is 4.43 Å². The lowest BCUT2D eigenvalue weighted by Gasteiger charge is -2.59. The van der Waals surface area contributed by atoms with Gasteiger partial charge >= 0.3 is 0 Å². The quantitative estimate of drug-likeness (QED) is 0.499. The minimum atomic E-state index is 0.117. The van der Waals surface area contributed by atoms with Crippen molar-refractivity contribution < 1.29 is 4.43 Å². The van der Waals surface area contributed by atoms with E-state index >= 15 is 0 Å². The third-order valence-corrected chi connectivity index (χ3v) is 8.97. The van der Waals surface area contributed by atoms with Crippen LogP contribution in [0.5, 0.6) is 0 Å². The molecule has 2 heteroatoms. The molecule has 3 aliphatic carbocycles. The van der Waals surface area contributed by atoms with E-state index in [9.17, 15) is 0 Å². The van der Waals surface area contributed by atoms with Crippen molar-refractivity contribution in [3.05, 3.63) is 11.1 Å². The summed E-state index contributed by atoms with van der Waals surface area (Å²) in [5.41, 5.74) is 4.31. The van der Waals surface area contributed by atoms with Crippen molar-refractivity contribution in [1.82, 2.24) is 0 Å². The average Bonchev–Trinajstić information content (AvgIpc) is 2.44. The molecule has 0 amide bonds. The highest BCUT2D eigenvalue weighted by Gasteiger charge is 2.55. The maximum absolute atomic E-state index is 6.50. The molecule has 3 rings (SSSR count). The molecule has 0 N–H and O–H groups in total. The van der Waals surface area contributed by atoms with E-state index < -0.39 is 0 Å². The van der Waals surface area contributed by atoms with Crippen LogP contribution in [0, 0.1) is 22.7 Å². The second kappa shape index (κ2) is 5.48. The van der Waals surface area contributed by atoms with Gasteiger partial charge in [0, 0.05) is 5.41 Å². The SMILES string of the molecule is CC1=C2CC[C@]3(C)CCC[C@@H](C)[C@H]3C[C@](O[SiH3])(CC1)C2(C)C. The van der Waals surface area contributed by atoms with Crippen molar-refractivity contribution >= 4 is 10.5 Å². The molecular formula is C20H36OSi. The fourth-order valence-corrected chi connectivity index (χ4v) is 7.29. The van der Waals surface area contributed by atoms with Crippen molar-refractivity contribution in [2.45, 2.75) is 91.6 Å². The monoisotopic (exact) mass is 320 g/mol. The molecule has 2 saturated carbocycles. The number of allylic oxidation sites excluding steroid dienone is 1. The Morgan fingerprint density at radius 2 is 1.82 bits per heavy atom. The van der Waals surface area contributed by atoms with Crippen LogP contribution in [0.4, 0.5) is 0 Å². The molecule has 0 aromatic rings. The molecule has 0 unspecified atom stereocenters. The number of hydrogen-bond donors (Lipinski definition) is 0. The molecular weight excluding hydrogens is 284 g/mol. The van der Waals surface area contributed by atoms with Gasteiger partial charge in [-0.3, -0.25) is 0 Å². The first-order valence-electron chi connectivity index (χ1n) is 9.50. The van der Waals surface area contributed by atoms with E-state index in [0.29, 0.717) is 5.41 Å². The maximum atomic E-state index is 6.50. The molecule has 0 heterocycles. The highest BCUT2D eigenvalue weighted by atomic mass is 28.2. The average molecular weight is 321 g/mol. The van der Waals surface area contributed by atoms with Crippen LogP contribution < -0.4 is 0 Å². The van der Waals surface area contributed by atoms with Crippen molar-refractivity contribution in [2.75, 3.05) is 0 Å². The normalized spacial score (nSPS) is 45.1. The van der Waals surface area contributed by atoms with Gasteiger partial charge in [-0.05, 0) is 62.7 Å². The zero-order chi connectivity index (χ0) is 16.2. The van der Waals surface area contributed by atoms with Gasteiger partial charge in [0.15, 0.2) is 0 Å². The third-order valence-electron chi connectivity index (χ3n) is 8.19. The zero-order valence-corrected chi connectivity index (χ0v) is 17.7. The van der Waals surface area contributed by atoms with Crippen LogP contribution in [0.3, 0.4) is 0 Å². The minimum absolute atomic E-state index is 0.117. The molecule has 1 nitrogen and oxygen atoms in total. The lowest BCUT2D eigenvalue weighted by molar-refractivity contribution is -0.0977. The highest BCUT2D eigenvalue weighted by molar-refractivity contribution is 5.98. The molecule has 0 radical (unpaired) electrons. The molecule has 22 heavy (non-hydrogen) atoms. The summed E-state index contributed by atoms with van der Waals surface area (Å²) in [6, 6.07) is 0. The van der Waals surface area contributed by atoms with Gasteiger partial charge in [0.05, 0.1) is 5.60 Å². The first kappa shape index (κ1) is 16.8. The Balaban J connectivity index is 2.08. The topological polar surface area (TPSA) is 9.23 Å². The van der Waals surface area contributed by atoms with E-state index in [-0.39, 0.29) is 11.0 Å². The summed E-state index contributed by atoms with van der Waals surface area (Å²) in [7, 11) is 0.869. The van der Waals surface area contributed by atoms with Gasteiger partial charge in [0.1, 0.15) is 10.5 Å². The number of rotatable bonds is 1.